The summed E-state index contributed by atoms with van der Waals surface area (Å²) < 4.78 is 0. The van der Waals surface area contributed by atoms with Crippen molar-refractivity contribution in [3.63, 3.8) is 0 Å². The minimum atomic E-state index is -0.0967. The van der Waals surface area contributed by atoms with Crippen LogP contribution in [0.25, 0.3) is 0 Å². The number of nitrogens with one attached hydrogen (secondary N) is 2. The molecule has 3 atom stereocenters. The fraction of sp³-hybridized carbons (Fsp3) is 0.917. The number of carbonyl (C=O) groups is 1. The molecule has 0 aliphatic rings. The van der Waals surface area contributed by atoms with E-state index in [1.54, 1.807) is 0 Å². The van der Waals surface area contributed by atoms with Crippen LogP contribution < -0.4 is 10.6 Å². The second kappa shape index (κ2) is 7.69. The van der Waals surface area contributed by atoms with E-state index in [4.69, 9.17) is 0 Å². The standard InChI is InChI=1S/C12H26N2O/c1-6-8-13-12(15)11(5)14-10(4)9(3)7-2/h9-11,14H,6-8H2,1-5H3,(H,13,15). The summed E-state index contributed by atoms with van der Waals surface area (Å²) in [6.07, 6.45) is 2.12. The molecule has 0 heterocycles. The van der Waals surface area contributed by atoms with Crippen molar-refractivity contribution in [1.29, 1.82) is 0 Å². The maximum absolute atomic E-state index is 11.6. The monoisotopic (exact) mass is 214 g/mol. The Hall–Kier alpha value is -0.570. The molecule has 0 rings (SSSR count). The maximum atomic E-state index is 11.6. The van der Waals surface area contributed by atoms with Crippen molar-refractivity contribution in [2.45, 2.75) is 59.5 Å². The smallest absolute Gasteiger partial charge is 0.236 e. The number of amides is 1. The molecule has 0 fully saturated rings. The third kappa shape index (κ3) is 5.78. The summed E-state index contributed by atoms with van der Waals surface area (Å²) in [5.41, 5.74) is 0. The zero-order valence-electron chi connectivity index (χ0n) is 10.8. The Morgan fingerprint density at radius 2 is 1.80 bits per heavy atom. The van der Waals surface area contributed by atoms with E-state index in [1.807, 2.05) is 6.92 Å². The minimum absolute atomic E-state index is 0.0967. The van der Waals surface area contributed by atoms with Gasteiger partial charge in [0.1, 0.15) is 0 Å². The largest absolute Gasteiger partial charge is 0.355 e. The highest BCUT2D eigenvalue weighted by molar-refractivity contribution is 5.81. The predicted octanol–water partition coefficient (Wildman–Crippen LogP) is 1.93. The third-order valence-corrected chi connectivity index (χ3v) is 2.95. The van der Waals surface area contributed by atoms with Crippen LogP contribution in [0.1, 0.15) is 47.5 Å². The first-order chi connectivity index (χ1) is 7.02. The van der Waals surface area contributed by atoms with Gasteiger partial charge in [0.15, 0.2) is 0 Å². The Morgan fingerprint density at radius 3 is 2.27 bits per heavy atom. The first kappa shape index (κ1) is 14.4. The molecule has 0 saturated carbocycles. The molecular weight excluding hydrogens is 188 g/mol. The lowest BCUT2D eigenvalue weighted by Crippen LogP contribution is -2.47. The van der Waals surface area contributed by atoms with E-state index in [2.05, 4.69) is 38.3 Å². The Morgan fingerprint density at radius 1 is 1.20 bits per heavy atom. The van der Waals surface area contributed by atoms with Crippen LogP contribution in [0.15, 0.2) is 0 Å². The first-order valence-corrected chi connectivity index (χ1v) is 6.06. The van der Waals surface area contributed by atoms with Crippen LogP contribution in [0.2, 0.25) is 0 Å². The third-order valence-electron chi connectivity index (χ3n) is 2.95. The lowest BCUT2D eigenvalue weighted by molar-refractivity contribution is -0.123. The van der Waals surface area contributed by atoms with Crippen molar-refractivity contribution in [3.8, 4) is 0 Å². The van der Waals surface area contributed by atoms with Gasteiger partial charge in [-0.2, -0.15) is 0 Å². The van der Waals surface area contributed by atoms with E-state index in [-0.39, 0.29) is 11.9 Å². The lowest BCUT2D eigenvalue weighted by Gasteiger charge is -2.23. The number of hydrogen-bond acceptors (Lipinski definition) is 2. The Kier molecular flexibility index (Phi) is 7.39. The fourth-order valence-corrected chi connectivity index (χ4v) is 1.39. The molecule has 15 heavy (non-hydrogen) atoms. The fourth-order valence-electron chi connectivity index (χ4n) is 1.39. The first-order valence-electron chi connectivity index (χ1n) is 6.06. The van der Waals surface area contributed by atoms with Crippen LogP contribution in [0, 0.1) is 5.92 Å². The van der Waals surface area contributed by atoms with E-state index in [0.717, 1.165) is 19.4 Å². The zero-order chi connectivity index (χ0) is 11.8. The Bertz CT molecular complexity index is 182. The molecule has 1 amide bonds. The quantitative estimate of drug-likeness (QED) is 0.680. The van der Waals surface area contributed by atoms with Crippen molar-refractivity contribution < 1.29 is 4.79 Å². The van der Waals surface area contributed by atoms with E-state index in [0.29, 0.717) is 12.0 Å². The maximum Gasteiger partial charge on any atom is 0.236 e. The second-order valence-corrected chi connectivity index (χ2v) is 4.35. The summed E-state index contributed by atoms with van der Waals surface area (Å²) in [7, 11) is 0. The number of carbonyl (C=O) groups excluding carboxylic acids is 1. The molecule has 90 valence electrons. The minimum Gasteiger partial charge on any atom is -0.355 e. The lowest BCUT2D eigenvalue weighted by atomic mass is 10.0. The van der Waals surface area contributed by atoms with Crippen LogP contribution in [0.4, 0.5) is 0 Å². The average molecular weight is 214 g/mol. The molecule has 0 aliphatic carbocycles. The molecular formula is C12H26N2O. The van der Waals surface area contributed by atoms with Gasteiger partial charge in [0.25, 0.3) is 0 Å². The van der Waals surface area contributed by atoms with Crippen LogP contribution in [-0.2, 0) is 4.79 Å². The SMILES string of the molecule is CCCNC(=O)C(C)NC(C)C(C)CC. The van der Waals surface area contributed by atoms with Gasteiger partial charge in [-0.3, -0.25) is 4.79 Å². The van der Waals surface area contributed by atoms with Crippen LogP contribution in [-0.4, -0.2) is 24.5 Å². The number of rotatable bonds is 7. The second-order valence-electron chi connectivity index (χ2n) is 4.35. The van der Waals surface area contributed by atoms with Crippen molar-refractivity contribution in [2.24, 2.45) is 5.92 Å². The van der Waals surface area contributed by atoms with Crippen LogP contribution >= 0.6 is 0 Å². The molecule has 3 unspecified atom stereocenters. The highest BCUT2D eigenvalue weighted by Gasteiger charge is 2.17. The summed E-state index contributed by atoms with van der Waals surface area (Å²) in [5, 5.41) is 6.22. The van der Waals surface area contributed by atoms with Gasteiger partial charge in [-0.05, 0) is 26.2 Å². The van der Waals surface area contributed by atoms with E-state index >= 15 is 0 Å². The van der Waals surface area contributed by atoms with Gasteiger partial charge in [0.05, 0.1) is 6.04 Å². The highest BCUT2D eigenvalue weighted by Crippen LogP contribution is 2.07. The van der Waals surface area contributed by atoms with E-state index in [1.165, 1.54) is 0 Å². The van der Waals surface area contributed by atoms with Gasteiger partial charge >= 0.3 is 0 Å². The summed E-state index contributed by atoms with van der Waals surface area (Å²) in [4.78, 5) is 11.6. The van der Waals surface area contributed by atoms with Gasteiger partial charge in [-0.15, -0.1) is 0 Å². The normalized spacial score (nSPS) is 16.9. The van der Waals surface area contributed by atoms with Gasteiger partial charge < -0.3 is 10.6 Å². The molecule has 0 aromatic heterocycles. The topological polar surface area (TPSA) is 41.1 Å². The van der Waals surface area contributed by atoms with Crippen molar-refractivity contribution in [3.05, 3.63) is 0 Å². The van der Waals surface area contributed by atoms with E-state index < -0.39 is 0 Å². The summed E-state index contributed by atoms with van der Waals surface area (Å²) in [5.74, 6) is 0.707. The molecule has 3 nitrogen and oxygen atoms in total. The molecule has 2 N–H and O–H groups in total. The molecule has 0 spiro atoms. The molecule has 0 radical (unpaired) electrons. The molecule has 3 heteroatoms. The van der Waals surface area contributed by atoms with Gasteiger partial charge in [0.2, 0.25) is 5.91 Å². The van der Waals surface area contributed by atoms with Crippen molar-refractivity contribution in [2.75, 3.05) is 6.54 Å². The summed E-state index contributed by atoms with van der Waals surface area (Å²) >= 11 is 0. The van der Waals surface area contributed by atoms with E-state index in [9.17, 15) is 4.79 Å². The van der Waals surface area contributed by atoms with Crippen molar-refractivity contribution in [1.82, 2.24) is 10.6 Å². The highest BCUT2D eigenvalue weighted by atomic mass is 16.2. The van der Waals surface area contributed by atoms with Gasteiger partial charge in [-0.1, -0.05) is 27.2 Å². The molecule has 0 aromatic rings. The average Bonchev–Trinajstić information content (AvgIpc) is 2.24. The summed E-state index contributed by atoms with van der Waals surface area (Å²) in [6.45, 7) is 11.3. The molecule has 0 aliphatic heterocycles. The Labute approximate surface area is 94.0 Å². The molecule has 0 bridgehead atoms. The number of hydrogen-bond donors (Lipinski definition) is 2. The van der Waals surface area contributed by atoms with Gasteiger partial charge in [-0.25, -0.2) is 0 Å². The van der Waals surface area contributed by atoms with Crippen molar-refractivity contribution >= 4 is 5.91 Å². The zero-order valence-corrected chi connectivity index (χ0v) is 10.8. The molecule has 0 aromatic carbocycles. The van der Waals surface area contributed by atoms with Crippen LogP contribution in [0.3, 0.4) is 0 Å². The van der Waals surface area contributed by atoms with Crippen LogP contribution in [0.5, 0.6) is 0 Å². The van der Waals surface area contributed by atoms with Gasteiger partial charge in [0, 0.05) is 12.6 Å². The Balaban J connectivity index is 3.90. The molecule has 0 saturated heterocycles. The summed E-state index contributed by atoms with van der Waals surface area (Å²) in [6, 6.07) is 0.290. The predicted molar refractivity (Wildman–Crippen MR) is 64.8 cm³/mol.